The normalized spacial score (nSPS) is 19.2. The van der Waals surface area contributed by atoms with Gasteiger partial charge >= 0.3 is 5.97 Å². The zero-order valence-corrected chi connectivity index (χ0v) is 10.3. The summed E-state index contributed by atoms with van der Waals surface area (Å²) in [4.78, 5) is 24.7. The van der Waals surface area contributed by atoms with Crippen LogP contribution in [-0.4, -0.2) is 25.5 Å². The zero-order chi connectivity index (χ0) is 13.3. The molecule has 0 spiro atoms. The molecule has 18 heavy (non-hydrogen) atoms. The minimum absolute atomic E-state index is 0.114. The highest BCUT2D eigenvalue weighted by Crippen LogP contribution is 2.28. The zero-order valence-electron chi connectivity index (χ0n) is 10.3. The van der Waals surface area contributed by atoms with Gasteiger partial charge in [-0.05, 0) is 24.6 Å². The summed E-state index contributed by atoms with van der Waals surface area (Å²) < 4.78 is 17.8. The molecule has 2 rings (SSSR count). The van der Waals surface area contributed by atoms with Crippen LogP contribution in [-0.2, 0) is 14.3 Å². The molecule has 0 bridgehead atoms. The number of hydrogen-bond donors (Lipinski definition) is 0. The fraction of sp³-hybridized carbons (Fsp3) is 0.385. The third-order valence-corrected chi connectivity index (χ3v) is 3.12. The summed E-state index contributed by atoms with van der Waals surface area (Å²) >= 11 is 0. The lowest BCUT2D eigenvalue weighted by Gasteiger charge is -2.18. The second-order valence-electron chi connectivity index (χ2n) is 4.36. The van der Waals surface area contributed by atoms with Crippen molar-refractivity contribution in [3.8, 4) is 0 Å². The van der Waals surface area contributed by atoms with E-state index in [1.54, 1.807) is 13.0 Å². The van der Waals surface area contributed by atoms with Gasteiger partial charge in [0.1, 0.15) is 5.82 Å². The van der Waals surface area contributed by atoms with Crippen LogP contribution in [0.5, 0.6) is 0 Å². The fourth-order valence-corrected chi connectivity index (χ4v) is 2.14. The van der Waals surface area contributed by atoms with Crippen molar-refractivity contribution in [1.29, 1.82) is 0 Å². The Hall–Kier alpha value is -1.91. The Morgan fingerprint density at radius 3 is 2.89 bits per heavy atom. The number of esters is 1. The molecule has 1 amide bonds. The van der Waals surface area contributed by atoms with E-state index in [9.17, 15) is 14.0 Å². The van der Waals surface area contributed by atoms with E-state index >= 15 is 0 Å². The standard InChI is InChI=1S/C13H14FNO3/c1-8-3-4-10(14)6-11(8)15-7-9(5-12(15)16)13(17)18-2/h3-4,6,9H,5,7H2,1-2H3. The first-order valence-corrected chi connectivity index (χ1v) is 5.67. The molecule has 1 saturated heterocycles. The number of methoxy groups -OCH3 is 1. The third-order valence-electron chi connectivity index (χ3n) is 3.12. The van der Waals surface area contributed by atoms with Gasteiger partial charge < -0.3 is 9.64 Å². The van der Waals surface area contributed by atoms with Gasteiger partial charge in [-0.1, -0.05) is 6.07 Å². The van der Waals surface area contributed by atoms with Crippen LogP contribution < -0.4 is 4.90 Å². The van der Waals surface area contributed by atoms with Crippen LogP contribution >= 0.6 is 0 Å². The molecule has 1 aliphatic rings. The summed E-state index contributed by atoms with van der Waals surface area (Å²) in [5.41, 5.74) is 1.32. The average Bonchev–Trinajstić information content (AvgIpc) is 2.73. The number of amides is 1. The van der Waals surface area contributed by atoms with Gasteiger partial charge in [0.25, 0.3) is 0 Å². The molecule has 1 aliphatic heterocycles. The number of benzene rings is 1. The Bertz CT molecular complexity index is 501. The van der Waals surface area contributed by atoms with E-state index in [1.807, 2.05) is 0 Å². The molecule has 0 aliphatic carbocycles. The molecule has 0 saturated carbocycles. The van der Waals surface area contributed by atoms with Crippen LogP contribution in [0.3, 0.4) is 0 Å². The molecular formula is C13H14FNO3. The summed E-state index contributed by atoms with van der Waals surface area (Å²) in [7, 11) is 1.29. The van der Waals surface area contributed by atoms with Crippen LogP contribution in [0.15, 0.2) is 18.2 Å². The lowest BCUT2D eigenvalue weighted by molar-refractivity contribution is -0.145. The van der Waals surface area contributed by atoms with Gasteiger partial charge in [-0.3, -0.25) is 9.59 Å². The molecule has 1 aromatic carbocycles. The summed E-state index contributed by atoms with van der Waals surface area (Å²) in [5.74, 6) is -1.45. The smallest absolute Gasteiger partial charge is 0.311 e. The van der Waals surface area contributed by atoms with Crippen molar-refractivity contribution >= 4 is 17.6 Å². The van der Waals surface area contributed by atoms with E-state index in [4.69, 9.17) is 0 Å². The highest BCUT2D eigenvalue weighted by atomic mass is 19.1. The number of hydrogen-bond acceptors (Lipinski definition) is 3. The maximum atomic E-state index is 13.2. The molecule has 4 nitrogen and oxygen atoms in total. The predicted octanol–water partition coefficient (Wildman–Crippen LogP) is 1.66. The largest absolute Gasteiger partial charge is 0.469 e. The lowest BCUT2D eigenvalue weighted by atomic mass is 10.1. The van der Waals surface area contributed by atoms with Crippen LogP contribution in [0.2, 0.25) is 0 Å². The summed E-state index contributed by atoms with van der Waals surface area (Å²) in [6, 6.07) is 4.27. The monoisotopic (exact) mass is 251 g/mol. The van der Waals surface area contributed by atoms with Crippen LogP contribution in [0, 0.1) is 18.7 Å². The van der Waals surface area contributed by atoms with Gasteiger partial charge in [-0.2, -0.15) is 0 Å². The molecule has 0 radical (unpaired) electrons. The SMILES string of the molecule is COC(=O)C1CC(=O)N(c2cc(F)ccc2C)C1. The Morgan fingerprint density at radius 1 is 1.50 bits per heavy atom. The van der Waals surface area contributed by atoms with E-state index in [-0.39, 0.29) is 18.9 Å². The molecular weight excluding hydrogens is 237 g/mol. The quantitative estimate of drug-likeness (QED) is 0.751. The number of anilines is 1. The molecule has 1 aromatic rings. The van der Waals surface area contributed by atoms with Gasteiger partial charge in [0.05, 0.1) is 13.0 Å². The average molecular weight is 251 g/mol. The number of halogens is 1. The van der Waals surface area contributed by atoms with Crippen LogP contribution in [0.4, 0.5) is 10.1 Å². The van der Waals surface area contributed by atoms with Gasteiger partial charge in [0.15, 0.2) is 0 Å². The molecule has 0 N–H and O–H groups in total. The molecule has 1 heterocycles. The van der Waals surface area contributed by atoms with Crippen molar-refractivity contribution in [2.75, 3.05) is 18.6 Å². The molecule has 96 valence electrons. The van der Waals surface area contributed by atoms with E-state index < -0.39 is 17.7 Å². The first kappa shape index (κ1) is 12.5. The summed E-state index contributed by atoms with van der Waals surface area (Å²) in [5, 5.41) is 0. The first-order valence-electron chi connectivity index (χ1n) is 5.67. The third kappa shape index (κ3) is 2.20. The number of rotatable bonds is 2. The van der Waals surface area contributed by atoms with E-state index in [2.05, 4.69) is 4.74 Å². The van der Waals surface area contributed by atoms with Crippen molar-refractivity contribution in [1.82, 2.24) is 0 Å². The maximum absolute atomic E-state index is 13.2. The summed E-state index contributed by atoms with van der Waals surface area (Å²) in [6.45, 7) is 2.04. The molecule has 1 fully saturated rings. The second-order valence-corrected chi connectivity index (χ2v) is 4.36. The van der Waals surface area contributed by atoms with Crippen LogP contribution in [0.25, 0.3) is 0 Å². The maximum Gasteiger partial charge on any atom is 0.311 e. The van der Waals surface area contributed by atoms with Crippen molar-refractivity contribution in [2.24, 2.45) is 5.92 Å². The second kappa shape index (κ2) is 4.76. The summed E-state index contributed by atoms with van der Waals surface area (Å²) in [6.07, 6.45) is 0.114. The number of nitrogens with zero attached hydrogens (tertiary/aromatic N) is 1. The topological polar surface area (TPSA) is 46.6 Å². The van der Waals surface area contributed by atoms with Gasteiger partial charge in [-0.15, -0.1) is 0 Å². The van der Waals surface area contributed by atoms with Crippen molar-refractivity contribution < 1.29 is 18.7 Å². The Morgan fingerprint density at radius 2 is 2.22 bits per heavy atom. The van der Waals surface area contributed by atoms with Gasteiger partial charge in [0.2, 0.25) is 5.91 Å². The highest BCUT2D eigenvalue weighted by molar-refractivity contribution is 5.99. The minimum atomic E-state index is -0.467. The molecule has 1 unspecified atom stereocenters. The van der Waals surface area contributed by atoms with E-state index in [0.717, 1.165) is 5.56 Å². The van der Waals surface area contributed by atoms with Crippen molar-refractivity contribution in [3.63, 3.8) is 0 Å². The van der Waals surface area contributed by atoms with Gasteiger partial charge in [-0.25, -0.2) is 4.39 Å². The highest BCUT2D eigenvalue weighted by Gasteiger charge is 2.36. The first-order chi connectivity index (χ1) is 8.52. The Labute approximate surface area is 104 Å². The molecule has 5 heteroatoms. The van der Waals surface area contributed by atoms with E-state index in [1.165, 1.54) is 24.1 Å². The predicted molar refractivity (Wildman–Crippen MR) is 63.6 cm³/mol. The number of carbonyl (C=O) groups excluding carboxylic acids is 2. The number of ether oxygens (including phenoxy) is 1. The molecule has 0 aromatic heterocycles. The fourth-order valence-electron chi connectivity index (χ4n) is 2.14. The van der Waals surface area contributed by atoms with Crippen molar-refractivity contribution in [3.05, 3.63) is 29.6 Å². The lowest BCUT2D eigenvalue weighted by Crippen LogP contribution is -2.26. The van der Waals surface area contributed by atoms with Gasteiger partial charge in [0, 0.05) is 18.7 Å². The number of carbonyl (C=O) groups is 2. The Kier molecular flexibility index (Phi) is 3.32. The molecule has 1 atom stereocenters. The van der Waals surface area contributed by atoms with Crippen LogP contribution in [0.1, 0.15) is 12.0 Å². The minimum Gasteiger partial charge on any atom is -0.469 e. The van der Waals surface area contributed by atoms with Crippen molar-refractivity contribution in [2.45, 2.75) is 13.3 Å². The van der Waals surface area contributed by atoms with E-state index in [0.29, 0.717) is 5.69 Å². The Balaban J connectivity index is 2.27. The number of aryl methyl sites for hydroxylation is 1.